The highest BCUT2D eigenvalue weighted by Gasteiger charge is 2.32. The Kier molecular flexibility index (Phi) is 5.55. The lowest BCUT2D eigenvalue weighted by atomic mass is 10.1. The topological polar surface area (TPSA) is 63.8 Å². The average molecular weight is 408 g/mol. The quantitative estimate of drug-likeness (QED) is 0.641. The second-order valence-electron chi connectivity index (χ2n) is 5.66. The van der Waals surface area contributed by atoms with Crippen molar-refractivity contribution >= 4 is 23.0 Å². The number of alkyl halides is 3. The number of benzene rings is 2. The summed E-state index contributed by atoms with van der Waals surface area (Å²) in [6, 6.07) is 12.0. The Morgan fingerprint density at radius 1 is 1.18 bits per heavy atom. The van der Waals surface area contributed by atoms with Crippen LogP contribution in [-0.4, -0.2) is 22.0 Å². The molecule has 5 nitrogen and oxygen atoms in total. The van der Waals surface area contributed by atoms with Gasteiger partial charge in [0.2, 0.25) is 0 Å². The van der Waals surface area contributed by atoms with Crippen molar-refractivity contribution in [3.63, 3.8) is 0 Å². The lowest BCUT2D eigenvalue weighted by Crippen LogP contribution is -2.18. The van der Waals surface area contributed by atoms with Crippen molar-refractivity contribution in [3.05, 3.63) is 64.3 Å². The summed E-state index contributed by atoms with van der Waals surface area (Å²) in [4.78, 5) is 16.0. The number of hydrogen-bond acceptors (Lipinski definition) is 4. The molecular formula is C19H15F3N2O3S. The summed E-state index contributed by atoms with van der Waals surface area (Å²) in [6.07, 6.45) is -4.79. The highest BCUT2D eigenvalue weighted by Crippen LogP contribution is 2.34. The first-order chi connectivity index (χ1) is 13.3. The first kappa shape index (κ1) is 19.7. The van der Waals surface area contributed by atoms with Crippen molar-refractivity contribution in [3.8, 4) is 17.0 Å². The summed E-state index contributed by atoms with van der Waals surface area (Å²) in [7, 11) is 0. The van der Waals surface area contributed by atoms with E-state index in [0.29, 0.717) is 28.3 Å². The predicted octanol–water partition coefficient (Wildman–Crippen LogP) is 5.07. The number of aromatic carboxylic acids is 1. The van der Waals surface area contributed by atoms with Gasteiger partial charge in [0.05, 0.1) is 16.9 Å². The number of aromatic nitrogens is 1. The number of carbonyl (C=O) groups is 1. The SMILES string of the molecule is CCn1c(-c2ccccc2OC(F)(F)F)cs/c1=N\c1ccc(C(=O)O)cc1. The molecular weight excluding hydrogens is 393 g/mol. The minimum absolute atomic E-state index is 0.146. The van der Waals surface area contributed by atoms with Crippen molar-refractivity contribution in [1.29, 1.82) is 0 Å². The molecule has 1 aromatic heterocycles. The van der Waals surface area contributed by atoms with Gasteiger partial charge in [-0.2, -0.15) is 0 Å². The van der Waals surface area contributed by atoms with Gasteiger partial charge in [0.1, 0.15) is 5.75 Å². The Labute approximate surface area is 162 Å². The minimum atomic E-state index is -4.79. The molecule has 0 aliphatic rings. The highest BCUT2D eigenvalue weighted by atomic mass is 32.1. The molecule has 1 N–H and O–H groups in total. The first-order valence-electron chi connectivity index (χ1n) is 8.20. The number of halogens is 3. The van der Waals surface area contributed by atoms with Gasteiger partial charge in [0, 0.05) is 17.5 Å². The van der Waals surface area contributed by atoms with Crippen LogP contribution in [0.3, 0.4) is 0 Å². The number of para-hydroxylation sites is 1. The smallest absolute Gasteiger partial charge is 0.478 e. The van der Waals surface area contributed by atoms with E-state index in [-0.39, 0.29) is 11.3 Å². The molecule has 3 aromatic rings. The predicted molar refractivity (Wildman–Crippen MR) is 98.7 cm³/mol. The first-order valence-corrected chi connectivity index (χ1v) is 9.08. The standard InChI is InChI=1S/C19H15F3N2O3S/c1-2-24-15(14-5-3-4-6-16(14)27-19(20,21)22)11-28-18(24)23-13-9-7-12(8-10-13)17(25)26/h3-11H,2H2,1H3,(H,25,26)/b23-18-. The lowest BCUT2D eigenvalue weighted by molar-refractivity contribution is -0.274. The van der Waals surface area contributed by atoms with E-state index in [1.165, 1.54) is 35.6 Å². The van der Waals surface area contributed by atoms with Crippen LogP contribution in [-0.2, 0) is 6.54 Å². The van der Waals surface area contributed by atoms with Crippen LogP contribution in [0.4, 0.5) is 18.9 Å². The molecule has 28 heavy (non-hydrogen) atoms. The second kappa shape index (κ2) is 7.89. The molecule has 0 unspecified atom stereocenters. The van der Waals surface area contributed by atoms with Gasteiger partial charge in [-0.25, -0.2) is 9.79 Å². The molecule has 0 saturated heterocycles. The molecule has 1 heterocycles. The third kappa shape index (κ3) is 4.42. The maximum Gasteiger partial charge on any atom is 0.573 e. The fraction of sp³-hybridized carbons (Fsp3) is 0.158. The summed E-state index contributed by atoms with van der Waals surface area (Å²) in [5.74, 6) is -1.32. The van der Waals surface area contributed by atoms with E-state index < -0.39 is 12.3 Å². The number of carboxylic acid groups (broad SMARTS) is 1. The van der Waals surface area contributed by atoms with Gasteiger partial charge in [-0.1, -0.05) is 12.1 Å². The van der Waals surface area contributed by atoms with E-state index >= 15 is 0 Å². The third-order valence-corrected chi connectivity index (χ3v) is 4.71. The van der Waals surface area contributed by atoms with Crippen LogP contribution in [0.25, 0.3) is 11.3 Å². The van der Waals surface area contributed by atoms with Crippen molar-refractivity contribution in [2.45, 2.75) is 19.8 Å². The van der Waals surface area contributed by atoms with Crippen molar-refractivity contribution < 1.29 is 27.8 Å². The Morgan fingerprint density at radius 3 is 2.46 bits per heavy atom. The van der Waals surface area contributed by atoms with Gasteiger partial charge < -0.3 is 14.4 Å². The molecule has 0 fully saturated rings. The van der Waals surface area contributed by atoms with Gasteiger partial charge in [-0.05, 0) is 43.3 Å². The molecule has 0 amide bonds. The zero-order chi connectivity index (χ0) is 20.3. The summed E-state index contributed by atoms with van der Waals surface area (Å²) >= 11 is 1.27. The molecule has 0 aliphatic carbocycles. The molecule has 0 spiro atoms. The van der Waals surface area contributed by atoms with Gasteiger partial charge >= 0.3 is 12.3 Å². The largest absolute Gasteiger partial charge is 0.573 e. The monoisotopic (exact) mass is 408 g/mol. The van der Waals surface area contributed by atoms with E-state index in [2.05, 4.69) is 9.73 Å². The summed E-state index contributed by atoms with van der Waals surface area (Å²) in [6.45, 7) is 2.33. The zero-order valence-corrected chi connectivity index (χ0v) is 15.4. The molecule has 0 radical (unpaired) electrons. The van der Waals surface area contributed by atoms with E-state index in [1.807, 2.05) is 6.92 Å². The normalized spacial score (nSPS) is 12.2. The Morgan fingerprint density at radius 2 is 1.86 bits per heavy atom. The molecule has 0 saturated carbocycles. The fourth-order valence-corrected chi connectivity index (χ4v) is 3.60. The van der Waals surface area contributed by atoms with Gasteiger partial charge in [0.25, 0.3) is 0 Å². The fourth-order valence-electron chi connectivity index (χ4n) is 2.62. The molecule has 9 heteroatoms. The van der Waals surface area contributed by atoms with E-state index in [1.54, 1.807) is 34.2 Å². The minimum Gasteiger partial charge on any atom is -0.478 e. The van der Waals surface area contributed by atoms with Crippen LogP contribution in [0, 0.1) is 0 Å². The zero-order valence-electron chi connectivity index (χ0n) is 14.6. The van der Waals surface area contributed by atoms with Gasteiger partial charge in [0.15, 0.2) is 4.80 Å². The summed E-state index contributed by atoms with van der Waals surface area (Å²) < 4.78 is 44.1. The van der Waals surface area contributed by atoms with Crippen LogP contribution in [0.5, 0.6) is 5.75 Å². The number of rotatable bonds is 5. The van der Waals surface area contributed by atoms with Crippen molar-refractivity contribution in [2.75, 3.05) is 0 Å². The Bertz CT molecular complexity index is 1050. The molecule has 0 atom stereocenters. The molecule has 3 rings (SSSR count). The van der Waals surface area contributed by atoms with Crippen molar-refractivity contribution in [1.82, 2.24) is 4.57 Å². The number of thiazole rings is 1. The molecule has 0 bridgehead atoms. The average Bonchev–Trinajstić information content (AvgIpc) is 3.03. The third-order valence-electron chi connectivity index (χ3n) is 3.84. The molecule has 0 aliphatic heterocycles. The van der Waals surface area contributed by atoms with Crippen LogP contribution in [0.1, 0.15) is 17.3 Å². The highest BCUT2D eigenvalue weighted by molar-refractivity contribution is 7.07. The van der Waals surface area contributed by atoms with E-state index in [9.17, 15) is 18.0 Å². The van der Waals surface area contributed by atoms with Gasteiger partial charge in [-0.15, -0.1) is 24.5 Å². The lowest BCUT2D eigenvalue weighted by Gasteiger charge is -2.14. The Balaban J connectivity index is 2.05. The summed E-state index contributed by atoms with van der Waals surface area (Å²) in [5.41, 5.74) is 1.54. The molecule has 146 valence electrons. The maximum absolute atomic E-state index is 12.7. The van der Waals surface area contributed by atoms with Crippen LogP contribution in [0.2, 0.25) is 0 Å². The molecule has 2 aromatic carbocycles. The summed E-state index contributed by atoms with van der Waals surface area (Å²) in [5, 5.41) is 10.7. The van der Waals surface area contributed by atoms with Crippen LogP contribution >= 0.6 is 11.3 Å². The number of hydrogen-bond donors (Lipinski definition) is 1. The Hall–Kier alpha value is -3.07. The van der Waals surface area contributed by atoms with Gasteiger partial charge in [-0.3, -0.25) is 0 Å². The van der Waals surface area contributed by atoms with E-state index in [4.69, 9.17) is 5.11 Å². The maximum atomic E-state index is 12.7. The van der Waals surface area contributed by atoms with Crippen molar-refractivity contribution in [2.24, 2.45) is 4.99 Å². The number of ether oxygens (including phenoxy) is 1. The van der Waals surface area contributed by atoms with E-state index in [0.717, 1.165) is 0 Å². The number of nitrogens with zero attached hydrogens (tertiary/aromatic N) is 2. The van der Waals surface area contributed by atoms with Crippen LogP contribution in [0.15, 0.2) is 58.9 Å². The number of carboxylic acids is 1. The second-order valence-corrected chi connectivity index (χ2v) is 6.49. The van der Waals surface area contributed by atoms with Crippen LogP contribution < -0.4 is 9.54 Å².